The van der Waals surface area contributed by atoms with Gasteiger partial charge >= 0.3 is 0 Å². The SMILES string of the molecule is NC(=O)c1ccc(Cc2ccc(N3CCCC4(CCN(C5CCC(O)CC5)C4=O)C3)c(F)c2)cn1. The summed E-state index contributed by atoms with van der Waals surface area (Å²) in [5.41, 5.74) is 7.23. The van der Waals surface area contributed by atoms with Gasteiger partial charge < -0.3 is 20.6 Å². The van der Waals surface area contributed by atoms with E-state index < -0.39 is 11.3 Å². The fourth-order valence-corrected chi connectivity index (χ4v) is 6.11. The van der Waals surface area contributed by atoms with Crippen LogP contribution in [-0.2, 0) is 11.2 Å². The number of primary amides is 1. The van der Waals surface area contributed by atoms with E-state index in [2.05, 4.69) is 4.98 Å². The Balaban J connectivity index is 1.27. The maximum absolute atomic E-state index is 15.2. The van der Waals surface area contributed by atoms with Crippen molar-refractivity contribution in [2.24, 2.45) is 11.1 Å². The van der Waals surface area contributed by atoms with E-state index >= 15 is 4.39 Å². The molecule has 0 radical (unpaired) electrons. The number of carbonyl (C=O) groups excluding carboxylic acids is 2. The van der Waals surface area contributed by atoms with E-state index in [4.69, 9.17) is 5.73 Å². The maximum atomic E-state index is 15.2. The lowest BCUT2D eigenvalue weighted by Crippen LogP contribution is -2.50. The van der Waals surface area contributed by atoms with Crippen LogP contribution in [0.2, 0.25) is 0 Å². The number of aromatic nitrogens is 1. The van der Waals surface area contributed by atoms with Gasteiger partial charge in [-0.05, 0) is 80.7 Å². The summed E-state index contributed by atoms with van der Waals surface area (Å²) >= 11 is 0. The summed E-state index contributed by atoms with van der Waals surface area (Å²) in [7, 11) is 0. The largest absolute Gasteiger partial charge is 0.393 e. The average Bonchev–Trinajstić information content (AvgIpc) is 3.15. The fraction of sp³-hybridized carbons (Fsp3) is 0.519. The molecule has 1 aliphatic carbocycles. The highest BCUT2D eigenvalue weighted by Crippen LogP contribution is 2.43. The second-order valence-electron chi connectivity index (χ2n) is 10.4. The van der Waals surface area contributed by atoms with Gasteiger partial charge in [-0.2, -0.15) is 0 Å². The highest BCUT2D eigenvalue weighted by Gasteiger charge is 2.50. The van der Waals surface area contributed by atoms with Gasteiger partial charge in [0, 0.05) is 31.9 Å². The third kappa shape index (κ3) is 4.76. The number of benzene rings is 1. The number of amides is 2. The van der Waals surface area contributed by atoms with Crippen molar-refractivity contribution < 1.29 is 19.1 Å². The van der Waals surface area contributed by atoms with Crippen molar-refractivity contribution in [1.29, 1.82) is 0 Å². The van der Waals surface area contributed by atoms with Crippen molar-refractivity contribution in [2.75, 3.05) is 24.5 Å². The van der Waals surface area contributed by atoms with Crippen LogP contribution in [0.4, 0.5) is 10.1 Å². The van der Waals surface area contributed by atoms with Crippen molar-refractivity contribution in [3.63, 3.8) is 0 Å². The summed E-state index contributed by atoms with van der Waals surface area (Å²) in [4.78, 5) is 32.9. The number of hydrogen-bond donors (Lipinski definition) is 2. The molecular formula is C27H33FN4O3. The molecule has 1 saturated carbocycles. The molecule has 1 atom stereocenters. The van der Waals surface area contributed by atoms with E-state index in [-0.39, 0.29) is 29.6 Å². The molecule has 1 unspecified atom stereocenters. The number of carbonyl (C=O) groups is 2. The molecule has 2 saturated heterocycles. The zero-order chi connectivity index (χ0) is 24.6. The van der Waals surface area contributed by atoms with Gasteiger partial charge in [-0.15, -0.1) is 0 Å². The molecule has 0 bridgehead atoms. The molecular weight excluding hydrogens is 447 g/mol. The van der Waals surface area contributed by atoms with Gasteiger partial charge in [-0.25, -0.2) is 4.39 Å². The molecule has 2 amide bonds. The standard InChI is InChI=1S/C27H33FN4O3/c28-22-15-18(14-19-2-8-23(25(29)34)30-16-19)3-9-24(22)31-12-1-10-27(17-31)11-13-32(26(27)35)20-4-6-21(33)7-5-20/h2-3,8-9,15-16,20-21,33H,1,4-7,10-14,17H2,(H2,29,34). The molecule has 1 aromatic heterocycles. The lowest BCUT2D eigenvalue weighted by Gasteiger charge is -2.41. The molecule has 2 aliphatic heterocycles. The van der Waals surface area contributed by atoms with Crippen LogP contribution in [0.5, 0.6) is 0 Å². The van der Waals surface area contributed by atoms with Gasteiger partial charge in [0.2, 0.25) is 5.91 Å². The Bertz CT molecular complexity index is 1100. The number of rotatable bonds is 5. The van der Waals surface area contributed by atoms with Gasteiger partial charge in [0.25, 0.3) is 5.91 Å². The fourth-order valence-electron chi connectivity index (χ4n) is 6.11. The van der Waals surface area contributed by atoms with Crippen LogP contribution in [0.1, 0.15) is 66.6 Å². The Morgan fingerprint density at radius 2 is 1.89 bits per heavy atom. The quantitative estimate of drug-likeness (QED) is 0.685. The smallest absolute Gasteiger partial charge is 0.267 e. The Kier molecular flexibility index (Phi) is 6.49. The number of nitrogens with zero attached hydrogens (tertiary/aromatic N) is 3. The molecule has 5 rings (SSSR count). The summed E-state index contributed by atoms with van der Waals surface area (Å²) in [6, 6.07) is 8.86. The molecule has 35 heavy (non-hydrogen) atoms. The van der Waals surface area contributed by atoms with E-state index in [9.17, 15) is 14.7 Å². The molecule has 3 aliphatic rings. The lowest BCUT2D eigenvalue weighted by atomic mass is 9.78. The van der Waals surface area contributed by atoms with Crippen molar-refractivity contribution in [3.05, 3.63) is 59.2 Å². The topological polar surface area (TPSA) is 99.8 Å². The number of piperidine rings is 1. The number of aliphatic hydroxyl groups excluding tert-OH is 1. The third-order valence-electron chi connectivity index (χ3n) is 8.07. The Morgan fingerprint density at radius 1 is 1.11 bits per heavy atom. The number of anilines is 1. The summed E-state index contributed by atoms with van der Waals surface area (Å²) in [5.74, 6) is -0.648. The lowest BCUT2D eigenvalue weighted by molar-refractivity contribution is -0.139. The van der Waals surface area contributed by atoms with Crippen LogP contribution in [0, 0.1) is 11.2 Å². The number of nitrogens with two attached hydrogens (primary N) is 1. The molecule has 3 heterocycles. The molecule has 186 valence electrons. The third-order valence-corrected chi connectivity index (χ3v) is 8.07. The first-order valence-electron chi connectivity index (χ1n) is 12.6. The average molecular weight is 481 g/mol. The predicted molar refractivity (Wildman–Crippen MR) is 130 cm³/mol. The zero-order valence-electron chi connectivity index (χ0n) is 20.0. The number of likely N-dealkylation sites (tertiary alicyclic amines) is 1. The van der Waals surface area contributed by atoms with Crippen LogP contribution >= 0.6 is 0 Å². The summed E-state index contributed by atoms with van der Waals surface area (Å²) in [6.07, 6.45) is 7.63. The first-order valence-corrected chi connectivity index (χ1v) is 12.6. The second-order valence-corrected chi connectivity index (χ2v) is 10.4. The Hall–Kier alpha value is -3.00. The van der Waals surface area contributed by atoms with Crippen molar-refractivity contribution in [3.8, 4) is 0 Å². The summed E-state index contributed by atoms with van der Waals surface area (Å²) in [6.45, 7) is 2.04. The predicted octanol–water partition coefficient (Wildman–Crippen LogP) is 3.03. The first kappa shape index (κ1) is 23.7. The van der Waals surface area contributed by atoms with E-state index in [1.165, 1.54) is 0 Å². The van der Waals surface area contributed by atoms with Gasteiger partial charge in [-0.1, -0.05) is 12.1 Å². The highest BCUT2D eigenvalue weighted by atomic mass is 19.1. The van der Waals surface area contributed by atoms with Gasteiger partial charge in [0.1, 0.15) is 11.5 Å². The Labute approximate surface area is 205 Å². The Morgan fingerprint density at radius 3 is 2.57 bits per heavy atom. The monoisotopic (exact) mass is 480 g/mol. The second kappa shape index (κ2) is 9.57. The van der Waals surface area contributed by atoms with Crippen LogP contribution < -0.4 is 10.6 Å². The molecule has 7 nitrogen and oxygen atoms in total. The van der Waals surface area contributed by atoms with Gasteiger partial charge in [-0.3, -0.25) is 14.6 Å². The summed E-state index contributed by atoms with van der Waals surface area (Å²) < 4.78 is 15.2. The normalized spacial score (nSPS) is 27.0. The molecule has 1 aromatic carbocycles. The number of hydrogen-bond acceptors (Lipinski definition) is 5. The number of aliphatic hydroxyl groups is 1. The minimum atomic E-state index is -0.576. The van der Waals surface area contributed by atoms with Crippen molar-refractivity contribution in [2.45, 2.75) is 63.5 Å². The summed E-state index contributed by atoms with van der Waals surface area (Å²) in [5, 5.41) is 9.83. The highest BCUT2D eigenvalue weighted by molar-refractivity contribution is 5.90. The van der Waals surface area contributed by atoms with Crippen LogP contribution in [0.3, 0.4) is 0 Å². The zero-order valence-corrected chi connectivity index (χ0v) is 20.0. The molecule has 3 N–H and O–H groups in total. The molecule has 1 spiro atoms. The van der Waals surface area contributed by atoms with Crippen LogP contribution in [0.15, 0.2) is 36.5 Å². The minimum Gasteiger partial charge on any atom is -0.393 e. The van der Waals surface area contributed by atoms with E-state index in [1.807, 2.05) is 21.9 Å². The van der Waals surface area contributed by atoms with E-state index in [1.54, 1.807) is 24.4 Å². The van der Waals surface area contributed by atoms with Crippen molar-refractivity contribution in [1.82, 2.24) is 9.88 Å². The van der Waals surface area contributed by atoms with Crippen molar-refractivity contribution >= 4 is 17.5 Å². The number of pyridine rings is 1. The number of halogens is 1. The van der Waals surface area contributed by atoms with Crippen LogP contribution in [-0.4, -0.2) is 58.6 Å². The molecule has 3 fully saturated rings. The first-order chi connectivity index (χ1) is 16.8. The van der Waals surface area contributed by atoms with E-state index in [0.717, 1.165) is 69.2 Å². The maximum Gasteiger partial charge on any atom is 0.267 e. The molecule has 8 heteroatoms. The van der Waals surface area contributed by atoms with Crippen LogP contribution in [0.25, 0.3) is 0 Å². The van der Waals surface area contributed by atoms with E-state index in [0.29, 0.717) is 18.7 Å². The molecule has 2 aromatic rings. The minimum absolute atomic E-state index is 0.204. The van der Waals surface area contributed by atoms with Gasteiger partial charge in [0.15, 0.2) is 0 Å². The van der Waals surface area contributed by atoms with Gasteiger partial charge in [0.05, 0.1) is 17.2 Å².